The van der Waals surface area contributed by atoms with Crippen LogP contribution in [0.3, 0.4) is 0 Å². The lowest BCUT2D eigenvalue weighted by atomic mass is 9.74. The Balaban J connectivity index is 0.000000520. The molecule has 0 spiro atoms. The molecule has 0 aliphatic carbocycles. The van der Waals surface area contributed by atoms with Crippen LogP contribution in [0, 0.1) is 18.8 Å². The van der Waals surface area contributed by atoms with Crippen molar-refractivity contribution in [1.29, 1.82) is 0 Å². The smallest absolute Gasteiger partial charge is 0.290 e. The number of benzene rings is 1. The van der Waals surface area contributed by atoms with Gasteiger partial charge in [0.05, 0.1) is 7.11 Å². The van der Waals surface area contributed by atoms with Gasteiger partial charge < -0.3 is 25.6 Å². The highest BCUT2D eigenvalue weighted by Gasteiger charge is 2.45. The van der Waals surface area contributed by atoms with E-state index in [1.54, 1.807) is 7.11 Å². The summed E-state index contributed by atoms with van der Waals surface area (Å²) >= 11 is 0. The molecule has 2 bridgehead atoms. The average Bonchev–Trinajstić information content (AvgIpc) is 2.84. The normalized spacial score (nSPS) is 25.0. The second kappa shape index (κ2) is 12.3. The zero-order chi connectivity index (χ0) is 25.4. The molecule has 35 heavy (non-hydrogen) atoms. The van der Waals surface area contributed by atoms with Crippen LogP contribution in [0.15, 0.2) is 30.3 Å². The monoisotopic (exact) mass is 485 g/mol. The van der Waals surface area contributed by atoms with E-state index in [0.29, 0.717) is 29.9 Å². The molecule has 4 heterocycles. The first-order valence-electron chi connectivity index (χ1n) is 11.9. The number of carbonyl (C=O) groups is 2. The summed E-state index contributed by atoms with van der Waals surface area (Å²) in [6.45, 7) is 4.80. The molecule has 10 nitrogen and oxygen atoms in total. The Kier molecular flexibility index (Phi) is 9.25. The fourth-order valence-electron chi connectivity index (χ4n) is 5.92. The van der Waals surface area contributed by atoms with Crippen LogP contribution in [0.4, 0.5) is 11.8 Å². The number of anilines is 2. The van der Waals surface area contributed by atoms with E-state index in [-0.39, 0.29) is 12.9 Å². The predicted molar refractivity (Wildman–Crippen MR) is 132 cm³/mol. The van der Waals surface area contributed by atoms with E-state index in [4.69, 9.17) is 30.3 Å². The van der Waals surface area contributed by atoms with Gasteiger partial charge in [0.2, 0.25) is 5.95 Å². The van der Waals surface area contributed by atoms with Crippen molar-refractivity contribution >= 4 is 24.7 Å². The third-order valence-electron chi connectivity index (χ3n) is 7.07. The summed E-state index contributed by atoms with van der Waals surface area (Å²) in [5.41, 5.74) is 8.31. The van der Waals surface area contributed by atoms with Gasteiger partial charge in [-0.25, -0.2) is 4.98 Å². The van der Waals surface area contributed by atoms with E-state index < -0.39 is 0 Å². The fraction of sp³-hybridized carbons (Fsp3) is 0.520. The van der Waals surface area contributed by atoms with E-state index in [1.807, 2.05) is 6.92 Å². The van der Waals surface area contributed by atoms with Crippen LogP contribution < -0.4 is 15.4 Å². The minimum absolute atomic E-state index is 0.250. The van der Waals surface area contributed by atoms with Crippen molar-refractivity contribution in [3.8, 4) is 5.75 Å². The number of ether oxygens (including phenoxy) is 1. The van der Waals surface area contributed by atoms with Gasteiger partial charge in [-0.15, -0.1) is 0 Å². The fourth-order valence-corrected chi connectivity index (χ4v) is 5.92. The average molecular weight is 486 g/mol. The highest BCUT2D eigenvalue weighted by molar-refractivity contribution is 5.44. The maximum atomic E-state index is 8.36. The lowest BCUT2D eigenvalue weighted by Crippen LogP contribution is -2.59. The van der Waals surface area contributed by atoms with Crippen LogP contribution in [0.25, 0.3) is 0 Å². The molecule has 5 rings (SSSR count). The molecule has 0 unspecified atom stereocenters. The number of fused-ring (bicyclic) bond motifs is 4. The molecule has 4 atom stereocenters. The summed E-state index contributed by atoms with van der Waals surface area (Å²) in [7, 11) is 1.73. The van der Waals surface area contributed by atoms with Gasteiger partial charge in [0.1, 0.15) is 11.6 Å². The Morgan fingerprint density at radius 3 is 2.37 bits per heavy atom. The molecule has 3 aliphatic rings. The van der Waals surface area contributed by atoms with Crippen molar-refractivity contribution in [2.75, 3.05) is 37.4 Å². The standard InChI is InChI=1S/C23H31N5O.2CH2O2/c1-15-10-22(26-23(24)25-15)27-12-16-11-18(14-27)21-5-3-4-20(28(21)13-16)17-6-8-19(29-2)9-7-17;2*2-1-3/h6-10,16,18,20-21H,3-5,11-14H2,1-2H3,(H2,24,25,26);2*1H,(H,2,3)/t16-,18+,20+,21-;;/m0../s1. The number of hydrogen-bond donors (Lipinski definition) is 3. The van der Waals surface area contributed by atoms with Gasteiger partial charge in [-0.05, 0) is 62.1 Å². The zero-order valence-electron chi connectivity index (χ0n) is 20.3. The summed E-state index contributed by atoms with van der Waals surface area (Å²) in [5.74, 6) is 3.70. The largest absolute Gasteiger partial charge is 0.497 e. The molecule has 1 aromatic carbocycles. The molecule has 10 heteroatoms. The minimum atomic E-state index is -0.250. The number of nitrogens with zero attached hydrogens (tertiary/aromatic N) is 4. The zero-order valence-corrected chi connectivity index (χ0v) is 20.3. The molecule has 190 valence electrons. The molecular weight excluding hydrogens is 450 g/mol. The van der Waals surface area contributed by atoms with Gasteiger partial charge in [-0.3, -0.25) is 14.5 Å². The molecule has 3 aliphatic heterocycles. The number of nitrogens with two attached hydrogens (primary N) is 1. The topological polar surface area (TPSA) is 142 Å². The molecule has 2 aromatic rings. The first kappa shape index (κ1) is 26.2. The van der Waals surface area contributed by atoms with Crippen LogP contribution in [0.2, 0.25) is 0 Å². The Morgan fingerprint density at radius 1 is 1.06 bits per heavy atom. The number of aryl methyl sites for hydroxylation is 1. The van der Waals surface area contributed by atoms with Crippen molar-refractivity contribution in [2.45, 2.75) is 44.7 Å². The van der Waals surface area contributed by atoms with Crippen LogP contribution in [0.1, 0.15) is 43.0 Å². The highest BCUT2D eigenvalue weighted by atomic mass is 16.5. The van der Waals surface area contributed by atoms with Gasteiger partial charge in [-0.2, -0.15) is 4.98 Å². The Labute approximate surface area is 205 Å². The Hall–Kier alpha value is -3.40. The maximum absolute atomic E-state index is 8.36. The summed E-state index contributed by atoms with van der Waals surface area (Å²) in [4.78, 5) is 30.8. The van der Waals surface area contributed by atoms with Crippen molar-refractivity contribution in [2.24, 2.45) is 11.8 Å². The number of piperidine rings is 3. The minimum Gasteiger partial charge on any atom is -0.497 e. The summed E-state index contributed by atoms with van der Waals surface area (Å²) in [6.07, 6.45) is 5.21. The van der Waals surface area contributed by atoms with Gasteiger partial charge in [0, 0.05) is 43.5 Å². The van der Waals surface area contributed by atoms with Crippen molar-refractivity contribution < 1.29 is 24.5 Å². The third kappa shape index (κ3) is 6.39. The number of carboxylic acid groups (broad SMARTS) is 2. The molecule has 0 radical (unpaired) electrons. The molecule has 1 aromatic heterocycles. The molecule has 0 saturated carbocycles. The molecule has 3 fully saturated rings. The van der Waals surface area contributed by atoms with Crippen molar-refractivity contribution in [3.05, 3.63) is 41.6 Å². The van der Waals surface area contributed by atoms with Gasteiger partial charge in [-0.1, -0.05) is 12.1 Å². The molecular formula is C25H35N5O5. The predicted octanol–water partition coefficient (Wildman–Crippen LogP) is 2.83. The first-order valence-corrected chi connectivity index (χ1v) is 11.9. The van der Waals surface area contributed by atoms with Crippen LogP contribution in [-0.4, -0.2) is 70.8 Å². The van der Waals surface area contributed by atoms with E-state index in [0.717, 1.165) is 30.4 Å². The van der Waals surface area contributed by atoms with Gasteiger partial charge in [0.25, 0.3) is 12.9 Å². The Bertz CT molecular complexity index is 947. The van der Waals surface area contributed by atoms with Crippen LogP contribution >= 0.6 is 0 Å². The summed E-state index contributed by atoms with van der Waals surface area (Å²) in [6, 6.07) is 12.0. The first-order chi connectivity index (χ1) is 16.9. The van der Waals surface area contributed by atoms with E-state index in [2.05, 4.69) is 50.1 Å². The summed E-state index contributed by atoms with van der Waals surface area (Å²) in [5, 5.41) is 13.8. The van der Waals surface area contributed by atoms with E-state index in [1.165, 1.54) is 37.8 Å². The van der Waals surface area contributed by atoms with Crippen molar-refractivity contribution in [3.63, 3.8) is 0 Å². The molecule has 3 saturated heterocycles. The van der Waals surface area contributed by atoms with Crippen LogP contribution in [0.5, 0.6) is 5.75 Å². The number of rotatable bonds is 3. The number of hydrogen-bond acceptors (Lipinski definition) is 8. The number of nitrogen functional groups attached to an aromatic ring is 1. The number of aromatic nitrogens is 2. The lowest BCUT2D eigenvalue weighted by Gasteiger charge is -2.55. The third-order valence-corrected chi connectivity index (χ3v) is 7.07. The summed E-state index contributed by atoms with van der Waals surface area (Å²) < 4.78 is 5.36. The van der Waals surface area contributed by atoms with Gasteiger partial charge >= 0.3 is 0 Å². The quantitative estimate of drug-likeness (QED) is 0.555. The van der Waals surface area contributed by atoms with Gasteiger partial charge in [0.15, 0.2) is 0 Å². The Morgan fingerprint density at radius 2 is 1.74 bits per heavy atom. The van der Waals surface area contributed by atoms with E-state index in [9.17, 15) is 0 Å². The second-order valence-corrected chi connectivity index (χ2v) is 9.19. The molecule has 4 N–H and O–H groups in total. The second-order valence-electron chi connectivity index (χ2n) is 9.19. The highest BCUT2D eigenvalue weighted by Crippen LogP contribution is 2.45. The molecule has 0 amide bonds. The van der Waals surface area contributed by atoms with Crippen LogP contribution in [-0.2, 0) is 9.59 Å². The lowest BCUT2D eigenvalue weighted by molar-refractivity contribution is -0.123. The SMILES string of the molecule is COc1ccc([C@H]2CCC[C@H]3[C@@H]4C[C@@H](CN(c5cc(C)nc(N)n5)C4)CN23)cc1.O=CO.O=CO. The number of methoxy groups -OCH3 is 1. The maximum Gasteiger partial charge on any atom is 0.290 e. The van der Waals surface area contributed by atoms with Crippen molar-refractivity contribution in [1.82, 2.24) is 14.9 Å². The van der Waals surface area contributed by atoms with E-state index >= 15 is 0 Å².